The van der Waals surface area contributed by atoms with Gasteiger partial charge in [-0.1, -0.05) is 12.1 Å². The second-order valence-corrected chi connectivity index (χ2v) is 4.35. The van der Waals surface area contributed by atoms with Gasteiger partial charge in [-0.15, -0.1) is 0 Å². The number of aryl methyl sites for hydroxylation is 1. The van der Waals surface area contributed by atoms with Gasteiger partial charge in [0.05, 0.1) is 11.4 Å². The molecule has 1 aromatic heterocycles. The van der Waals surface area contributed by atoms with Gasteiger partial charge in [0.1, 0.15) is 5.69 Å². The van der Waals surface area contributed by atoms with E-state index in [1.165, 1.54) is 18.2 Å². The van der Waals surface area contributed by atoms with E-state index in [1.807, 2.05) is 19.9 Å². The first-order chi connectivity index (χ1) is 8.99. The van der Waals surface area contributed by atoms with Gasteiger partial charge in [-0.25, -0.2) is 0 Å². The van der Waals surface area contributed by atoms with Gasteiger partial charge in [0.15, 0.2) is 0 Å². The molecular weight excluding hydrogens is 242 g/mol. The van der Waals surface area contributed by atoms with Crippen LogP contribution in [0.1, 0.15) is 21.6 Å². The van der Waals surface area contributed by atoms with Crippen LogP contribution in [0.15, 0.2) is 35.1 Å². The fourth-order valence-corrected chi connectivity index (χ4v) is 1.76. The highest BCUT2D eigenvalue weighted by atomic mass is 16.2. The molecule has 0 unspecified atom stereocenters. The van der Waals surface area contributed by atoms with E-state index in [2.05, 4.69) is 10.3 Å². The average molecular weight is 257 g/mol. The Hall–Kier alpha value is -2.56. The number of nitrogen functional groups attached to an aromatic ring is 1. The number of hydrogen-bond donors (Lipinski definition) is 3. The zero-order chi connectivity index (χ0) is 14.0. The van der Waals surface area contributed by atoms with Gasteiger partial charge in [-0.05, 0) is 37.1 Å². The summed E-state index contributed by atoms with van der Waals surface area (Å²) in [4.78, 5) is 25.7. The van der Waals surface area contributed by atoms with Crippen molar-refractivity contribution in [3.8, 4) is 0 Å². The molecule has 1 heterocycles. The van der Waals surface area contributed by atoms with Crippen LogP contribution in [-0.2, 0) is 0 Å². The first-order valence-electron chi connectivity index (χ1n) is 5.85. The van der Waals surface area contributed by atoms with Gasteiger partial charge in [-0.3, -0.25) is 9.59 Å². The summed E-state index contributed by atoms with van der Waals surface area (Å²) < 4.78 is 0. The molecule has 0 saturated heterocycles. The Morgan fingerprint density at radius 3 is 2.63 bits per heavy atom. The van der Waals surface area contributed by atoms with Crippen LogP contribution in [0, 0.1) is 13.8 Å². The van der Waals surface area contributed by atoms with Crippen molar-refractivity contribution in [1.82, 2.24) is 4.98 Å². The zero-order valence-electron chi connectivity index (χ0n) is 10.8. The van der Waals surface area contributed by atoms with Crippen molar-refractivity contribution in [2.45, 2.75) is 13.8 Å². The predicted octanol–water partition coefficient (Wildman–Crippen LogP) is 1.83. The highest BCUT2D eigenvalue weighted by Gasteiger charge is 2.11. The van der Waals surface area contributed by atoms with Crippen LogP contribution < -0.4 is 16.6 Å². The van der Waals surface area contributed by atoms with E-state index in [1.54, 1.807) is 6.07 Å². The lowest BCUT2D eigenvalue weighted by Gasteiger charge is -2.13. The molecule has 0 spiro atoms. The Balaban J connectivity index is 2.34. The number of H-pyrrole nitrogens is 1. The third-order valence-electron chi connectivity index (χ3n) is 3.02. The summed E-state index contributed by atoms with van der Waals surface area (Å²) in [6, 6.07) is 8.05. The van der Waals surface area contributed by atoms with Crippen LogP contribution in [-0.4, -0.2) is 10.9 Å². The minimum atomic E-state index is -0.391. The van der Waals surface area contributed by atoms with Crippen molar-refractivity contribution >= 4 is 17.3 Å². The molecule has 5 heteroatoms. The summed E-state index contributed by atoms with van der Waals surface area (Å²) in [7, 11) is 0. The lowest BCUT2D eigenvalue weighted by atomic mass is 10.1. The first-order valence-corrected chi connectivity index (χ1v) is 5.85. The standard InChI is InChI=1S/C14H15N3O2/c1-8-6-7-10(15)13(9(8)2)17-14(19)11-4-3-5-12(18)16-11/h3-7H,15H2,1-2H3,(H,16,18)(H,17,19). The first kappa shape index (κ1) is 12.9. The number of rotatable bonds is 2. The molecule has 1 aromatic carbocycles. The molecule has 98 valence electrons. The smallest absolute Gasteiger partial charge is 0.272 e. The molecule has 2 rings (SSSR count). The Bertz CT molecular complexity index is 689. The number of nitrogens with two attached hydrogens (primary N) is 1. The van der Waals surface area contributed by atoms with Crippen LogP contribution in [0.2, 0.25) is 0 Å². The molecule has 2 aromatic rings. The van der Waals surface area contributed by atoms with Gasteiger partial charge in [0, 0.05) is 6.07 Å². The molecule has 0 aliphatic heterocycles. The summed E-state index contributed by atoms with van der Waals surface area (Å²) in [6.07, 6.45) is 0. The Morgan fingerprint density at radius 2 is 1.95 bits per heavy atom. The number of amides is 1. The predicted molar refractivity (Wildman–Crippen MR) is 75.3 cm³/mol. The van der Waals surface area contributed by atoms with E-state index >= 15 is 0 Å². The number of aromatic amines is 1. The second kappa shape index (κ2) is 4.97. The van der Waals surface area contributed by atoms with E-state index in [4.69, 9.17) is 5.73 Å². The number of carbonyl (C=O) groups is 1. The van der Waals surface area contributed by atoms with Crippen molar-refractivity contribution in [3.63, 3.8) is 0 Å². The molecule has 19 heavy (non-hydrogen) atoms. The number of aromatic nitrogens is 1. The number of pyridine rings is 1. The molecule has 0 fully saturated rings. The molecule has 0 radical (unpaired) electrons. The number of carbonyl (C=O) groups excluding carboxylic acids is 1. The van der Waals surface area contributed by atoms with Gasteiger partial charge < -0.3 is 16.0 Å². The minimum Gasteiger partial charge on any atom is -0.397 e. The van der Waals surface area contributed by atoms with Gasteiger partial charge in [-0.2, -0.15) is 0 Å². The van der Waals surface area contributed by atoms with Gasteiger partial charge in [0.25, 0.3) is 5.91 Å². The van der Waals surface area contributed by atoms with Crippen molar-refractivity contribution in [3.05, 3.63) is 57.5 Å². The maximum Gasteiger partial charge on any atom is 0.272 e. The summed E-state index contributed by atoms with van der Waals surface area (Å²) in [5, 5.41) is 2.73. The molecule has 0 saturated carbocycles. The average Bonchev–Trinajstić information content (AvgIpc) is 2.39. The van der Waals surface area contributed by atoms with Crippen molar-refractivity contribution in [1.29, 1.82) is 0 Å². The highest BCUT2D eigenvalue weighted by Crippen LogP contribution is 2.26. The normalized spacial score (nSPS) is 10.2. The maximum absolute atomic E-state index is 12.0. The number of nitrogens with one attached hydrogen (secondary N) is 2. The number of hydrogen-bond acceptors (Lipinski definition) is 3. The fourth-order valence-electron chi connectivity index (χ4n) is 1.76. The maximum atomic E-state index is 12.0. The molecular formula is C14H15N3O2. The Morgan fingerprint density at radius 1 is 1.21 bits per heavy atom. The molecule has 5 nitrogen and oxygen atoms in total. The molecule has 0 bridgehead atoms. The SMILES string of the molecule is Cc1ccc(N)c(NC(=O)c2cccc(=O)[nH]2)c1C. The van der Waals surface area contributed by atoms with E-state index in [0.29, 0.717) is 11.4 Å². The fraction of sp³-hybridized carbons (Fsp3) is 0.143. The van der Waals surface area contributed by atoms with Crippen LogP contribution in [0.25, 0.3) is 0 Å². The highest BCUT2D eigenvalue weighted by molar-refractivity contribution is 6.05. The quantitative estimate of drug-likeness (QED) is 0.717. The van der Waals surface area contributed by atoms with E-state index in [0.717, 1.165) is 11.1 Å². The lowest BCUT2D eigenvalue weighted by molar-refractivity contribution is 0.102. The van der Waals surface area contributed by atoms with Crippen LogP contribution in [0.4, 0.5) is 11.4 Å². The second-order valence-electron chi connectivity index (χ2n) is 4.35. The Labute approximate surface area is 110 Å². The van der Waals surface area contributed by atoms with Crippen molar-refractivity contribution in [2.24, 2.45) is 0 Å². The monoisotopic (exact) mass is 257 g/mol. The van der Waals surface area contributed by atoms with Crippen LogP contribution >= 0.6 is 0 Å². The third kappa shape index (κ3) is 2.65. The zero-order valence-corrected chi connectivity index (χ0v) is 10.8. The number of anilines is 2. The summed E-state index contributed by atoms with van der Waals surface area (Å²) in [5.41, 5.74) is 8.76. The van der Waals surface area contributed by atoms with Gasteiger partial charge >= 0.3 is 0 Å². The van der Waals surface area contributed by atoms with Crippen molar-refractivity contribution < 1.29 is 4.79 Å². The third-order valence-corrected chi connectivity index (χ3v) is 3.02. The van der Waals surface area contributed by atoms with Crippen LogP contribution in [0.5, 0.6) is 0 Å². The molecule has 0 atom stereocenters. The summed E-state index contributed by atoms with van der Waals surface area (Å²) in [6.45, 7) is 3.82. The molecule has 1 amide bonds. The largest absolute Gasteiger partial charge is 0.397 e. The lowest BCUT2D eigenvalue weighted by Crippen LogP contribution is -2.19. The van der Waals surface area contributed by atoms with Gasteiger partial charge in [0.2, 0.25) is 5.56 Å². The summed E-state index contributed by atoms with van der Waals surface area (Å²) in [5.74, 6) is -0.391. The topological polar surface area (TPSA) is 88.0 Å². The van der Waals surface area contributed by atoms with Crippen LogP contribution in [0.3, 0.4) is 0 Å². The van der Waals surface area contributed by atoms with E-state index < -0.39 is 5.91 Å². The molecule has 0 aliphatic carbocycles. The number of benzene rings is 1. The molecule has 0 aliphatic rings. The summed E-state index contributed by atoms with van der Waals surface area (Å²) >= 11 is 0. The minimum absolute atomic E-state index is 0.202. The Kier molecular flexibility index (Phi) is 3.37. The van der Waals surface area contributed by atoms with E-state index in [9.17, 15) is 9.59 Å². The molecule has 4 N–H and O–H groups in total. The van der Waals surface area contributed by atoms with E-state index in [-0.39, 0.29) is 11.3 Å². The van der Waals surface area contributed by atoms with Crippen molar-refractivity contribution in [2.75, 3.05) is 11.1 Å².